The van der Waals surface area contributed by atoms with Gasteiger partial charge in [-0.3, -0.25) is 0 Å². The molecule has 0 fully saturated rings. The maximum atomic E-state index is 11.6. The van der Waals surface area contributed by atoms with Gasteiger partial charge in [-0.1, -0.05) is 54.6 Å². The lowest BCUT2D eigenvalue weighted by molar-refractivity contribution is 0.0488. The smallest absolute Gasteiger partial charge is 0.338 e. The van der Waals surface area contributed by atoms with Gasteiger partial charge in [0.15, 0.2) is 0 Å². The number of aliphatic hydroxyl groups excluding tert-OH is 2. The first-order valence-corrected chi connectivity index (χ1v) is 10.4. The molecular formula is C26H28O8. The number of hydrogen-bond acceptors (Lipinski definition) is 6. The topological polar surface area (TPSA) is 141 Å². The molecule has 0 radical (unpaired) electrons. The molecule has 0 saturated heterocycles. The lowest BCUT2D eigenvalue weighted by Gasteiger charge is -2.07. The van der Waals surface area contributed by atoms with E-state index in [1.807, 2.05) is 0 Å². The molecule has 0 heterocycles. The maximum absolute atomic E-state index is 11.6. The summed E-state index contributed by atoms with van der Waals surface area (Å²) in [7, 11) is 0. The summed E-state index contributed by atoms with van der Waals surface area (Å²) >= 11 is 0. The number of aromatic carboxylic acids is 2. The number of unbranched alkanes of at least 4 members (excludes halogenated alkanes) is 1. The number of carbonyl (C=O) groups is 3. The van der Waals surface area contributed by atoms with Crippen LogP contribution in [-0.2, 0) is 11.3 Å². The number of aliphatic hydroxyl groups is 2. The van der Waals surface area contributed by atoms with E-state index in [-0.39, 0.29) is 13.2 Å². The lowest BCUT2D eigenvalue weighted by Crippen LogP contribution is -2.09. The van der Waals surface area contributed by atoms with Crippen molar-refractivity contribution in [2.75, 3.05) is 13.2 Å². The highest BCUT2D eigenvalue weighted by atomic mass is 16.5. The van der Waals surface area contributed by atoms with Crippen molar-refractivity contribution in [2.24, 2.45) is 0 Å². The minimum atomic E-state index is -0.879. The zero-order chi connectivity index (χ0) is 25.2. The molecule has 34 heavy (non-hydrogen) atoms. The van der Waals surface area contributed by atoms with Gasteiger partial charge in [-0.15, -0.1) is 0 Å². The monoisotopic (exact) mass is 468 g/mol. The van der Waals surface area contributed by atoms with E-state index in [1.165, 1.54) is 0 Å². The third-order valence-electron chi connectivity index (χ3n) is 4.23. The third-order valence-corrected chi connectivity index (χ3v) is 4.23. The summed E-state index contributed by atoms with van der Waals surface area (Å²) in [4.78, 5) is 32.0. The fourth-order valence-electron chi connectivity index (χ4n) is 2.48. The SMILES string of the molecule is O=C(O)c1ccccc1.O=C(O)c1ccccc1.O=C(OCCCCO)c1ccccc1CO. The van der Waals surface area contributed by atoms with Gasteiger partial charge in [0.25, 0.3) is 0 Å². The van der Waals surface area contributed by atoms with Gasteiger partial charge in [0.1, 0.15) is 0 Å². The first-order chi connectivity index (χ1) is 16.4. The van der Waals surface area contributed by atoms with Crippen molar-refractivity contribution in [3.05, 3.63) is 107 Å². The number of esters is 1. The Morgan fingerprint density at radius 3 is 1.53 bits per heavy atom. The van der Waals surface area contributed by atoms with Crippen LogP contribution in [0.1, 0.15) is 49.5 Å². The Morgan fingerprint density at radius 2 is 1.12 bits per heavy atom. The number of carbonyl (C=O) groups excluding carboxylic acids is 1. The number of hydrogen-bond donors (Lipinski definition) is 4. The van der Waals surface area contributed by atoms with Gasteiger partial charge in [-0.05, 0) is 48.7 Å². The fourth-order valence-corrected chi connectivity index (χ4v) is 2.48. The summed E-state index contributed by atoms with van der Waals surface area (Å²) < 4.78 is 5.01. The van der Waals surface area contributed by atoms with E-state index in [0.29, 0.717) is 41.7 Å². The number of ether oxygens (including phenoxy) is 1. The second-order valence-electron chi connectivity index (χ2n) is 6.72. The summed E-state index contributed by atoms with van der Waals surface area (Å²) in [6.45, 7) is 0.214. The van der Waals surface area contributed by atoms with Crippen LogP contribution in [0.25, 0.3) is 0 Å². The predicted octanol–water partition coefficient (Wildman–Crippen LogP) is 3.88. The lowest BCUT2D eigenvalue weighted by atomic mass is 10.1. The van der Waals surface area contributed by atoms with Crippen LogP contribution in [0.5, 0.6) is 0 Å². The zero-order valence-corrected chi connectivity index (χ0v) is 18.5. The Hall–Kier alpha value is -4.01. The quantitative estimate of drug-likeness (QED) is 0.288. The Kier molecular flexibility index (Phi) is 13.7. The highest BCUT2D eigenvalue weighted by Gasteiger charge is 2.10. The van der Waals surface area contributed by atoms with E-state index in [2.05, 4.69) is 0 Å². The fraction of sp³-hybridized carbons (Fsp3) is 0.192. The summed E-state index contributed by atoms with van der Waals surface area (Å²) in [6.07, 6.45) is 1.26. The zero-order valence-electron chi connectivity index (χ0n) is 18.5. The molecule has 0 aromatic heterocycles. The maximum Gasteiger partial charge on any atom is 0.338 e. The van der Waals surface area contributed by atoms with Crippen LogP contribution in [0.2, 0.25) is 0 Å². The average Bonchev–Trinajstić information content (AvgIpc) is 2.88. The molecule has 180 valence electrons. The van der Waals surface area contributed by atoms with Crippen molar-refractivity contribution in [3.63, 3.8) is 0 Å². The molecule has 3 aromatic rings. The third kappa shape index (κ3) is 11.0. The van der Waals surface area contributed by atoms with Crippen LogP contribution in [0.3, 0.4) is 0 Å². The van der Waals surface area contributed by atoms with E-state index in [1.54, 1.807) is 84.9 Å². The van der Waals surface area contributed by atoms with Crippen molar-refractivity contribution in [1.29, 1.82) is 0 Å². The summed E-state index contributed by atoms with van der Waals surface area (Å²) in [5.41, 5.74) is 1.62. The molecule has 8 nitrogen and oxygen atoms in total. The Bertz CT molecular complexity index is 954. The molecule has 4 N–H and O–H groups in total. The second-order valence-corrected chi connectivity index (χ2v) is 6.72. The standard InChI is InChI=1S/C12H16O4.2C7H6O2/c13-7-3-4-8-16-12(15)11-6-2-1-5-10(11)9-14;2*8-7(9)6-4-2-1-3-5-6/h1-2,5-6,13-14H,3-4,7-9H2;2*1-5H,(H,8,9). The van der Waals surface area contributed by atoms with E-state index < -0.39 is 17.9 Å². The second kappa shape index (κ2) is 16.6. The van der Waals surface area contributed by atoms with Gasteiger partial charge >= 0.3 is 17.9 Å². The van der Waals surface area contributed by atoms with E-state index in [9.17, 15) is 14.4 Å². The number of carboxylic acids is 2. The van der Waals surface area contributed by atoms with Crippen molar-refractivity contribution in [1.82, 2.24) is 0 Å². The molecule has 0 aliphatic heterocycles. The molecule has 0 amide bonds. The Balaban J connectivity index is 0.000000274. The minimum Gasteiger partial charge on any atom is -0.478 e. The predicted molar refractivity (Wildman–Crippen MR) is 126 cm³/mol. The molecule has 0 aliphatic carbocycles. The largest absolute Gasteiger partial charge is 0.478 e. The molecule has 0 spiro atoms. The number of rotatable bonds is 8. The number of carboxylic acid groups (broad SMARTS) is 2. The van der Waals surface area contributed by atoms with Crippen molar-refractivity contribution >= 4 is 17.9 Å². The van der Waals surface area contributed by atoms with Crippen LogP contribution in [-0.4, -0.2) is 51.5 Å². The van der Waals surface area contributed by atoms with Gasteiger partial charge in [0, 0.05) is 6.61 Å². The van der Waals surface area contributed by atoms with E-state index in [4.69, 9.17) is 25.2 Å². The van der Waals surface area contributed by atoms with Crippen molar-refractivity contribution in [3.8, 4) is 0 Å². The summed E-state index contributed by atoms with van der Waals surface area (Å²) in [5.74, 6) is -2.19. The van der Waals surface area contributed by atoms with Crippen molar-refractivity contribution < 1.29 is 39.5 Å². The first kappa shape index (κ1) is 28.0. The van der Waals surface area contributed by atoms with Crippen LogP contribution < -0.4 is 0 Å². The van der Waals surface area contributed by atoms with Gasteiger partial charge in [0.05, 0.1) is 29.9 Å². The molecule has 0 unspecified atom stereocenters. The van der Waals surface area contributed by atoms with Gasteiger partial charge in [-0.2, -0.15) is 0 Å². The van der Waals surface area contributed by atoms with Crippen molar-refractivity contribution in [2.45, 2.75) is 19.4 Å². The molecule has 0 bridgehead atoms. The minimum absolute atomic E-state index is 0.102. The molecule has 3 rings (SSSR count). The molecule has 0 aliphatic rings. The van der Waals surface area contributed by atoms with Crippen LogP contribution >= 0.6 is 0 Å². The number of benzene rings is 3. The Morgan fingerprint density at radius 1 is 0.647 bits per heavy atom. The highest BCUT2D eigenvalue weighted by molar-refractivity contribution is 5.91. The summed E-state index contributed by atoms with van der Waals surface area (Å²) in [6, 6.07) is 23.4. The normalized spacial score (nSPS) is 9.47. The van der Waals surface area contributed by atoms with Gasteiger partial charge in [0.2, 0.25) is 0 Å². The van der Waals surface area contributed by atoms with E-state index >= 15 is 0 Å². The van der Waals surface area contributed by atoms with Crippen LogP contribution in [0, 0.1) is 0 Å². The van der Waals surface area contributed by atoms with Gasteiger partial charge in [-0.25, -0.2) is 14.4 Å². The first-order valence-electron chi connectivity index (χ1n) is 10.4. The molecule has 3 aromatic carbocycles. The molecule has 0 saturated carbocycles. The van der Waals surface area contributed by atoms with E-state index in [0.717, 1.165) is 0 Å². The van der Waals surface area contributed by atoms with Crippen LogP contribution in [0.4, 0.5) is 0 Å². The molecule has 8 heteroatoms. The average molecular weight is 469 g/mol. The van der Waals surface area contributed by atoms with Gasteiger partial charge < -0.3 is 25.2 Å². The molecular weight excluding hydrogens is 440 g/mol. The molecule has 0 atom stereocenters. The Labute approximate surface area is 197 Å². The highest BCUT2D eigenvalue weighted by Crippen LogP contribution is 2.10. The van der Waals surface area contributed by atoms with Crippen LogP contribution in [0.15, 0.2) is 84.9 Å². The summed E-state index contributed by atoms with van der Waals surface area (Å²) in [5, 5.41) is 34.4.